The summed E-state index contributed by atoms with van der Waals surface area (Å²) in [5.74, 6) is 0.00169. The standard InChI is InChI=1S/C9H10BrFN2/c1-3-4-13(2)9-8(11)5-7(10)6-12-9/h3,5-6H,1,4H2,2H3. The van der Waals surface area contributed by atoms with Crippen LogP contribution in [0.3, 0.4) is 0 Å². The van der Waals surface area contributed by atoms with Crippen LogP contribution in [-0.2, 0) is 0 Å². The van der Waals surface area contributed by atoms with Crippen molar-refractivity contribution in [1.82, 2.24) is 4.98 Å². The third-order valence-electron chi connectivity index (χ3n) is 1.55. The molecule has 0 saturated heterocycles. The van der Waals surface area contributed by atoms with Crippen molar-refractivity contribution in [3.63, 3.8) is 0 Å². The van der Waals surface area contributed by atoms with Gasteiger partial charge in [-0.1, -0.05) is 6.08 Å². The van der Waals surface area contributed by atoms with Crippen molar-refractivity contribution in [2.75, 3.05) is 18.5 Å². The Bertz CT molecular complexity index is 314. The van der Waals surface area contributed by atoms with E-state index in [0.29, 0.717) is 16.8 Å². The molecule has 0 aliphatic carbocycles. The monoisotopic (exact) mass is 244 g/mol. The Morgan fingerprint density at radius 3 is 3.00 bits per heavy atom. The lowest BCUT2D eigenvalue weighted by Crippen LogP contribution is -2.19. The molecule has 0 bridgehead atoms. The van der Waals surface area contributed by atoms with E-state index in [1.807, 2.05) is 0 Å². The third kappa shape index (κ3) is 2.52. The fourth-order valence-corrected chi connectivity index (χ4v) is 1.27. The molecule has 0 aliphatic rings. The summed E-state index contributed by atoms with van der Waals surface area (Å²) >= 11 is 3.14. The van der Waals surface area contributed by atoms with E-state index < -0.39 is 0 Å². The molecule has 4 heteroatoms. The molecule has 0 saturated carbocycles. The molecule has 0 spiro atoms. The highest BCUT2D eigenvalue weighted by molar-refractivity contribution is 9.10. The summed E-state index contributed by atoms with van der Waals surface area (Å²) in [4.78, 5) is 5.64. The molecule has 0 N–H and O–H groups in total. The minimum Gasteiger partial charge on any atom is -0.354 e. The average molecular weight is 245 g/mol. The number of likely N-dealkylation sites (N-methyl/N-ethyl adjacent to an activating group) is 1. The van der Waals surface area contributed by atoms with Crippen LogP contribution in [0.1, 0.15) is 0 Å². The van der Waals surface area contributed by atoms with Crippen molar-refractivity contribution in [3.8, 4) is 0 Å². The average Bonchev–Trinajstić information content (AvgIpc) is 2.04. The van der Waals surface area contributed by atoms with Crippen LogP contribution in [0.15, 0.2) is 29.4 Å². The molecule has 1 aromatic rings. The zero-order valence-electron chi connectivity index (χ0n) is 7.30. The molecule has 0 atom stereocenters. The van der Waals surface area contributed by atoms with Crippen molar-refractivity contribution >= 4 is 21.7 Å². The first-order valence-electron chi connectivity index (χ1n) is 3.78. The second kappa shape index (κ2) is 4.37. The second-order valence-electron chi connectivity index (χ2n) is 2.63. The van der Waals surface area contributed by atoms with Crippen molar-refractivity contribution in [2.45, 2.75) is 0 Å². The van der Waals surface area contributed by atoms with Crippen molar-refractivity contribution in [2.24, 2.45) is 0 Å². The number of rotatable bonds is 3. The quantitative estimate of drug-likeness (QED) is 0.761. The van der Waals surface area contributed by atoms with Crippen LogP contribution in [0.2, 0.25) is 0 Å². The van der Waals surface area contributed by atoms with Crippen molar-refractivity contribution < 1.29 is 4.39 Å². The van der Waals surface area contributed by atoms with E-state index in [1.54, 1.807) is 24.2 Å². The molecule has 0 radical (unpaired) electrons. The molecular formula is C9H10BrFN2. The highest BCUT2D eigenvalue weighted by atomic mass is 79.9. The fourth-order valence-electron chi connectivity index (χ4n) is 0.968. The summed E-state index contributed by atoms with van der Waals surface area (Å²) in [7, 11) is 1.76. The number of hydrogen-bond acceptors (Lipinski definition) is 2. The zero-order valence-corrected chi connectivity index (χ0v) is 8.88. The molecule has 0 fully saturated rings. The topological polar surface area (TPSA) is 16.1 Å². The lowest BCUT2D eigenvalue weighted by atomic mass is 10.4. The molecule has 13 heavy (non-hydrogen) atoms. The number of anilines is 1. The first-order valence-corrected chi connectivity index (χ1v) is 4.57. The first-order chi connectivity index (χ1) is 6.15. The summed E-state index contributed by atoms with van der Waals surface area (Å²) in [6.45, 7) is 4.15. The summed E-state index contributed by atoms with van der Waals surface area (Å²) < 4.78 is 13.9. The predicted molar refractivity (Wildman–Crippen MR) is 55.4 cm³/mol. The number of halogens is 2. The molecule has 0 amide bonds. The van der Waals surface area contributed by atoms with E-state index in [0.717, 1.165) is 0 Å². The molecule has 1 heterocycles. The van der Waals surface area contributed by atoms with E-state index in [2.05, 4.69) is 27.5 Å². The summed E-state index contributed by atoms with van der Waals surface area (Å²) in [5, 5.41) is 0. The lowest BCUT2D eigenvalue weighted by molar-refractivity contribution is 0.616. The van der Waals surface area contributed by atoms with Gasteiger partial charge in [0.25, 0.3) is 0 Å². The highest BCUT2D eigenvalue weighted by Gasteiger charge is 2.07. The Balaban J connectivity index is 2.94. The number of nitrogens with zero attached hydrogens (tertiary/aromatic N) is 2. The maximum Gasteiger partial charge on any atom is 0.166 e. The minimum absolute atomic E-state index is 0.335. The van der Waals surface area contributed by atoms with Gasteiger partial charge in [0.15, 0.2) is 11.6 Å². The SMILES string of the molecule is C=CCN(C)c1ncc(Br)cc1F. The smallest absolute Gasteiger partial charge is 0.166 e. The van der Waals surface area contributed by atoms with E-state index in [4.69, 9.17) is 0 Å². The van der Waals surface area contributed by atoms with Gasteiger partial charge in [-0.3, -0.25) is 0 Å². The lowest BCUT2D eigenvalue weighted by Gasteiger charge is -2.16. The van der Waals surface area contributed by atoms with E-state index in [-0.39, 0.29) is 5.82 Å². The predicted octanol–water partition coefficient (Wildman–Crippen LogP) is 2.61. The number of hydrogen-bond donors (Lipinski definition) is 0. The number of pyridine rings is 1. The summed E-state index contributed by atoms with van der Waals surface area (Å²) in [6.07, 6.45) is 3.27. The normalized spacial score (nSPS) is 9.77. The molecule has 0 aromatic carbocycles. The van der Waals surface area contributed by atoms with Crippen LogP contribution >= 0.6 is 15.9 Å². The highest BCUT2D eigenvalue weighted by Crippen LogP contribution is 2.18. The molecular weight excluding hydrogens is 235 g/mol. The van der Waals surface area contributed by atoms with Crippen molar-refractivity contribution in [3.05, 3.63) is 35.2 Å². The Labute approximate surface area is 85.2 Å². The van der Waals surface area contributed by atoms with Gasteiger partial charge in [-0.2, -0.15) is 0 Å². The second-order valence-corrected chi connectivity index (χ2v) is 3.54. The van der Waals surface area contributed by atoms with Gasteiger partial charge >= 0.3 is 0 Å². The van der Waals surface area contributed by atoms with Crippen LogP contribution in [0.5, 0.6) is 0 Å². The fraction of sp³-hybridized carbons (Fsp3) is 0.222. The largest absolute Gasteiger partial charge is 0.354 e. The van der Waals surface area contributed by atoms with Gasteiger partial charge in [0.05, 0.1) is 0 Å². The molecule has 0 aliphatic heterocycles. The zero-order chi connectivity index (χ0) is 9.84. The first kappa shape index (κ1) is 10.2. The minimum atomic E-state index is -0.335. The molecule has 70 valence electrons. The summed E-state index contributed by atoms with van der Waals surface area (Å²) in [6, 6.07) is 1.39. The van der Waals surface area contributed by atoms with Gasteiger partial charge in [-0.15, -0.1) is 6.58 Å². The Morgan fingerprint density at radius 1 is 1.77 bits per heavy atom. The summed E-state index contributed by atoms with van der Waals surface area (Å²) in [5.41, 5.74) is 0. The molecule has 2 nitrogen and oxygen atoms in total. The third-order valence-corrected chi connectivity index (χ3v) is 1.99. The van der Waals surface area contributed by atoms with E-state index >= 15 is 0 Å². The Kier molecular flexibility index (Phi) is 3.42. The Hall–Kier alpha value is -0.900. The van der Waals surface area contributed by atoms with Gasteiger partial charge in [0, 0.05) is 24.3 Å². The number of aromatic nitrogens is 1. The van der Waals surface area contributed by atoms with Crippen LogP contribution in [0.25, 0.3) is 0 Å². The van der Waals surface area contributed by atoms with E-state index in [1.165, 1.54) is 6.07 Å². The van der Waals surface area contributed by atoms with Gasteiger partial charge in [0.2, 0.25) is 0 Å². The molecule has 0 unspecified atom stereocenters. The van der Waals surface area contributed by atoms with Gasteiger partial charge < -0.3 is 4.90 Å². The maximum atomic E-state index is 13.3. The molecule has 1 rings (SSSR count). The van der Waals surface area contributed by atoms with Gasteiger partial charge in [0.1, 0.15) is 0 Å². The van der Waals surface area contributed by atoms with Crippen molar-refractivity contribution in [1.29, 1.82) is 0 Å². The van der Waals surface area contributed by atoms with Crippen LogP contribution in [-0.4, -0.2) is 18.6 Å². The van der Waals surface area contributed by atoms with Crippen LogP contribution < -0.4 is 4.90 Å². The van der Waals surface area contributed by atoms with Gasteiger partial charge in [-0.25, -0.2) is 9.37 Å². The van der Waals surface area contributed by atoms with Crippen LogP contribution in [0.4, 0.5) is 10.2 Å². The molecule has 1 aromatic heterocycles. The van der Waals surface area contributed by atoms with Gasteiger partial charge in [-0.05, 0) is 22.0 Å². The maximum absolute atomic E-state index is 13.3. The Morgan fingerprint density at radius 2 is 2.46 bits per heavy atom. The van der Waals surface area contributed by atoms with Crippen LogP contribution in [0, 0.1) is 5.82 Å². The van der Waals surface area contributed by atoms with E-state index in [9.17, 15) is 4.39 Å².